The summed E-state index contributed by atoms with van der Waals surface area (Å²) >= 11 is 0. The molecule has 180 valence electrons. The molecule has 0 radical (unpaired) electrons. The van der Waals surface area contributed by atoms with E-state index in [1.807, 2.05) is 18.2 Å². The predicted molar refractivity (Wildman–Crippen MR) is 133 cm³/mol. The SMILES string of the molecule is CC(C)C.C[C@H](NC(=O)CNC(=O)c1ccccc1)C(=O)NCC=O.Cc1ccccc1.[HH].[HH].[HH]. The molecule has 0 aliphatic rings. The standard InChI is InChI=1S/C14H17N3O4.C7H8.C4H10.3H2/c1-10(13(20)15-7-8-18)17-12(19)9-16-14(21)11-5-3-2-4-6-11;1-7-5-3-2-4-6-7;1-4(2)3;;;/h2-6,8,10H,7,9H2,1H3,(H,15,20)(H,16,21)(H,17,19);2-6H,1H3;4H,1-3H3;3*1H/t10-;;;;;/m0...../s1. The molecule has 0 saturated heterocycles. The summed E-state index contributed by atoms with van der Waals surface area (Å²) in [7, 11) is 0. The van der Waals surface area contributed by atoms with E-state index in [4.69, 9.17) is 0 Å². The van der Waals surface area contributed by atoms with Crippen LogP contribution in [0, 0.1) is 12.8 Å². The van der Waals surface area contributed by atoms with E-state index in [2.05, 4.69) is 55.8 Å². The smallest absolute Gasteiger partial charge is 0.251 e. The zero-order valence-electron chi connectivity index (χ0n) is 19.6. The van der Waals surface area contributed by atoms with Crippen molar-refractivity contribution < 1.29 is 23.5 Å². The van der Waals surface area contributed by atoms with Gasteiger partial charge in [0.25, 0.3) is 5.91 Å². The van der Waals surface area contributed by atoms with Crippen LogP contribution in [0.5, 0.6) is 0 Å². The van der Waals surface area contributed by atoms with E-state index in [-0.39, 0.29) is 23.3 Å². The molecule has 1 atom stereocenters. The number of hydrogen-bond acceptors (Lipinski definition) is 4. The maximum atomic E-state index is 11.7. The zero-order valence-corrected chi connectivity index (χ0v) is 19.6. The number of nitrogens with one attached hydrogen (secondary N) is 3. The van der Waals surface area contributed by atoms with Gasteiger partial charge in [-0.2, -0.15) is 0 Å². The van der Waals surface area contributed by atoms with E-state index in [1.54, 1.807) is 30.3 Å². The molecule has 2 aromatic carbocycles. The van der Waals surface area contributed by atoms with E-state index < -0.39 is 17.9 Å². The Hall–Kier alpha value is -3.48. The minimum Gasteiger partial charge on any atom is -0.348 e. The Morgan fingerprint density at radius 3 is 1.81 bits per heavy atom. The van der Waals surface area contributed by atoms with E-state index >= 15 is 0 Å². The van der Waals surface area contributed by atoms with Crippen molar-refractivity contribution in [3.63, 3.8) is 0 Å². The van der Waals surface area contributed by atoms with Crippen molar-refractivity contribution >= 4 is 24.0 Å². The van der Waals surface area contributed by atoms with Gasteiger partial charge in [-0.1, -0.05) is 74.9 Å². The maximum Gasteiger partial charge on any atom is 0.251 e. The highest BCUT2D eigenvalue weighted by atomic mass is 16.2. The topological polar surface area (TPSA) is 104 Å². The quantitative estimate of drug-likeness (QED) is 0.564. The van der Waals surface area contributed by atoms with Gasteiger partial charge in [-0.3, -0.25) is 14.4 Å². The van der Waals surface area contributed by atoms with E-state index in [9.17, 15) is 19.2 Å². The molecule has 2 aromatic rings. The minimum atomic E-state index is -0.786. The molecule has 3 amide bonds. The minimum absolute atomic E-state index is 0. The van der Waals surface area contributed by atoms with Crippen molar-refractivity contribution in [1.29, 1.82) is 0 Å². The van der Waals surface area contributed by atoms with Crippen molar-refractivity contribution in [2.45, 2.75) is 40.7 Å². The lowest BCUT2D eigenvalue weighted by molar-refractivity contribution is -0.128. The molecular formula is C25H41N3O4. The lowest BCUT2D eigenvalue weighted by Crippen LogP contribution is -2.48. The molecule has 3 N–H and O–H groups in total. The normalized spacial score (nSPS) is 10.3. The number of rotatable bonds is 7. The third-order valence-electron chi connectivity index (χ3n) is 3.52. The fraction of sp³-hybridized carbons (Fsp3) is 0.360. The summed E-state index contributed by atoms with van der Waals surface area (Å²) in [6.45, 7) is 9.72. The molecule has 0 aromatic heterocycles. The van der Waals surface area contributed by atoms with Crippen LogP contribution in [0.4, 0.5) is 0 Å². The van der Waals surface area contributed by atoms with Gasteiger partial charge in [-0.15, -0.1) is 0 Å². The van der Waals surface area contributed by atoms with Gasteiger partial charge < -0.3 is 20.7 Å². The number of aldehydes is 1. The average molecular weight is 448 g/mol. The highest BCUT2D eigenvalue weighted by Crippen LogP contribution is 1.97. The second-order valence-corrected chi connectivity index (χ2v) is 7.64. The second-order valence-electron chi connectivity index (χ2n) is 7.64. The highest BCUT2D eigenvalue weighted by Gasteiger charge is 2.15. The maximum absolute atomic E-state index is 11.7. The van der Waals surface area contributed by atoms with Gasteiger partial charge in [0, 0.05) is 9.84 Å². The number of carbonyl (C=O) groups is 4. The largest absolute Gasteiger partial charge is 0.348 e. The first-order chi connectivity index (χ1) is 15.2. The van der Waals surface area contributed by atoms with Crippen LogP contribution in [-0.2, 0) is 14.4 Å². The van der Waals surface area contributed by atoms with E-state index in [0.29, 0.717) is 11.8 Å². The first kappa shape index (κ1) is 28.5. The van der Waals surface area contributed by atoms with Gasteiger partial charge in [0.05, 0.1) is 13.1 Å². The Balaban J connectivity index is -0.000000286. The van der Waals surface area contributed by atoms with Crippen molar-refractivity contribution in [2.24, 2.45) is 5.92 Å². The summed E-state index contributed by atoms with van der Waals surface area (Å²) in [6, 6.07) is 17.9. The summed E-state index contributed by atoms with van der Waals surface area (Å²) < 4.78 is 0. The van der Waals surface area contributed by atoms with Crippen LogP contribution in [0.2, 0.25) is 0 Å². The first-order valence-corrected chi connectivity index (χ1v) is 10.5. The molecule has 0 fully saturated rings. The Kier molecular flexibility index (Phi) is 15.4. The van der Waals surface area contributed by atoms with Crippen molar-refractivity contribution in [2.75, 3.05) is 13.1 Å². The zero-order chi connectivity index (χ0) is 24.4. The molecule has 0 heterocycles. The number of carbonyl (C=O) groups excluding carboxylic acids is 4. The van der Waals surface area contributed by atoms with Gasteiger partial charge >= 0.3 is 0 Å². The Labute approximate surface area is 195 Å². The summed E-state index contributed by atoms with van der Waals surface area (Å²) in [5.41, 5.74) is 1.77. The third kappa shape index (κ3) is 15.4. The van der Waals surface area contributed by atoms with Crippen LogP contribution >= 0.6 is 0 Å². The van der Waals surface area contributed by atoms with Crippen LogP contribution in [0.15, 0.2) is 60.7 Å². The second kappa shape index (κ2) is 17.2. The van der Waals surface area contributed by atoms with Gasteiger partial charge in [-0.05, 0) is 31.9 Å². The first-order valence-electron chi connectivity index (χ1n) is 10.5. The summed E-state index contributed by atoms with van der Waals surface area (Å²) in [6.07, 6.45) is 0.548. The molecule has 7 heteroatoms. The monoisotopic (exact) mass is 447 g/mol. The number of amides is 3. The third-order valence-corrected chi connectivity index (χ3v) is 3.52. The van der Waals surface area contributed by atoms with Crippen LogP contribution < -0.4 is 16.0 Å². The number of hydrogen-bond donors (Lipinski definition) is 3. The molecule has 0 spiro atoms. The molecule has 0 unspecified atom stereocenters. The Morgan fingerprint density at radius 2 is 1.38 bits per heavy atom. The molecule has 0 saturated carbocycles. The van der Waals surface area contributed by atoms with E-state index in [1.165, 1.54) is 12.5 Å². The molecule has 2 rings (SSSR count). The highest BCUT2D eigenvalue weighted by molar-refractivity contribution is 5.97. The molecule has 0 aliphatic carbocycles. The number of aryl methyl sites for hydroxylation is 1. The van der Waals surface area contributed by atoms with Crippen molar-refractivity contribution in [1.82, 2.24) is 16.0 Å². The lowest BCUT2D eigenvalue weighted by atomic mass is 10.2. The van der Waals surface area contributed by atoms with Gasteiger partial charge in [0.2, 0.25) is 11.8 Å². The fourth-order valence-electron chi connectivity index (χ4n) is 2.04. The fourth-order valence-corrected chi connectivity index (χ4v) is 2.04. The predicted octanol–water partition coefficient (Wildman–Crippen LogP) is 3.63. The molecule has 7 nitrogen and oxygen atoms in total. The molecule has 0 aliphatic heterocycles. The molecular weight excluding hydrogens is 406 g/mol. The van der Waals surface area contributed by atoms with Crippen LogP contribution in [0.3, 0.4) is 0 Å². The van der Waals surface area contributed by atoms with Crippen LogP contribution in [0.1, 0.15) is 47.9 Å². The summed E-state index contributed by atoms with van der Waals surface area (Å²) in [5, 5.41) is 7.18. The van der Waals surface area contributed by atoms with E-state index in [0.717, 1.165) is 5.92 Å². The van der Waals surface area contributed by atoms with Crippen molar-refractivity contribution in [3.8, 4) is 0 Å². The molecule has 32 heavy (non-hydrogen) atoms. The Bertz CT molecular complexity index is 820. The molecule has 0 bridgehead atoms. The summed E-state index contributed by atoms with van der Waals surface area (Å²) in [5.74, 6) is -0.498. The average Bonchev–Trinajstić information content (AvgIpc) is 2.77. The van der Waals surface area contributed by atoms with Gasteiger partial charge in [0.15, 0.2) is 0 Å². The number of benzene rings is 2. The van der Waals surface area contributed by atoms with Crippen molar-refractivity contribution in [3.05, 3.63) is 71.8 Å². The Morgan fingerprint density at radius 1 is 0.875 bits per heavy atom. The van der Waals surface area contributed by atoms with Crippen LogP contribution in [0.25, 0.3) is 0 Å². The lowest BCUT2D eigenvalue weighted by Gasteiger charge is -2.13. The van der Waals surface area contributed by atoms with Gasteiger partial charge in [-0.25, -0.2) is 0 Å². The summed E-state index contributed by atoms with van der Waals surface area (Å²) in [4.78, 5) is 44.8. The van der Waals surface area contributed by atoms with Crippen LogP contribution in [-0.4, -0.2) is 43.1 Å². The van der Waals surface area contributed by atoms with Gasteiger partial charge in [0.1, 0.15) is 12.3 Å².